The van der Waals surface area contributed by atoms with Crippen LogP contribution < -0.4 is 14.8 Å². The van der Waals surface area contributed by atoms with Crippen LogP contribution in [0.15, 0.2) is 18.2 Å². The van der Waals surface area contributed by atoms with Crippen molar-refractivity contribution in [1.29, 1.82) is 0 Å². The minimum atomic E-state index is -0.101. The number of rotatable bonds is 7. The van der Waals surface area contributed by atoms with Crippen LogP contribution in [0.4, 0.5) is 0 Å². The molecule has 1 aromatic carbocycles. The van der Waals surface area contributed by atoms with Gasteiger partial charge in [-0.2, -0.15) is 0 Å². The van der Waals surface area contributed by atoms with Crippen LogP contribution in [0.1, 0.15) is 12.5 Å². The number of aliphatic hydroxyl groups excluding tert-OH is 1. The monoisotopic (exact) mass is 267 g/mol. The van der Waals surface area contributed by atoms with Gasteiger partial charge in [-0.25, -0.2) is 0 Å². The number of hydrogen-bond acceptors (Lipinski definition) is 4. The van der Waals surface area contributed by atoms with Gasteiger partial charge in [0.15, 0.2) is 0 Å². The zero-order chi connectivity index (χ0) is 14.3. The summed E-state index contributed by atoms with van der Waals surface area (Å²) in [6.45, 7) is 1.90. The highest BCUT2D eigenvalue weighted by Gasteiger charge is 2.13. The molecular weight excluding hydrogens is 246 g/mol. The zero-order valence-corrected chi connectivity index (χ0v) is 11.6. The van der Waals surface area contributed by atoms with Gasteiger partial charge in [-0.15, -0.1) is 0 Å². The Morgan fingerprint density at radius 3 is 2.63 bits per heavy atom. The second-order valence-electron chi connectivity index (χ2n) is 4.37. The molecule has 1 amide bonds. The molecule has 5 nitrogen and oxygen atoms in total. The lowest BCUT2D eigenvalue weighted by atomic mass is 9.99. The van der Waals surface area contributed by atoms with Crippen molar-refractivity contribution < 1.29 is 19.4 Å². The Balaban J connectivity index is 2.79. The molecule has 1 atom stereocenters. The molecule has 1 unspecified atom stereocenters. The van der Waals surface area contributed by atoms with Crippen LogP contribution in [-0.4, -0.2) is 38.4 Å². The molecule has 0 heterocycles. The van der Waals surface area contributed by atoms with Crippen LogP contribution >= 0.6 is 0 Å². The quantitative estimate of drug-likeness (QED) is 0.773. The van der Waals surface area contributed by atoms with Gasteiger partial charge in [0.05, 0.1) is 14.2 Å². The van der Waals surface area contributed by atoms with E-state index in [2.05, 4.69) is 5.32 Å². The summed E-state index contributed by atoms with van der Waals surface area (Å²) in [5, 5.41) is 12.1. The lowest BCUT2D eigenvalue weighted by Crippen LogP contribution is -2.30. The molecular formula is C14H21NO4. The maximum absolute atomic E-state index is 10.9. The first-order chi connectivity index (χ1) is 9.10. The van der Waals surface area contributed by atoms with E-state index in [9.17, 15) is 9.90 Å². The molecule has 1 rings (SSSR count). The van der Waals surface area contributed by atoms with Crippen molar-refractivity contribution in [3.8, 4) is 11.5 Å². The minimum absolute atomic E-state index is 0.000639. The number of amides is 1. The fraction of sp³-hybridized carbons (Fsp3) is 0.500. The maximum Gasteiger partial charge on any atom is 0.216 e. The molecule has 0 saturated heterocycles. The van der Waals surface area contributed by atoms with Crippen molar-refractivity contribution in [2.24, 2.45) is 5.92 Å². The molecule has 2 N–H and O–H groups in total. The lowest BCUT2D eigenvalue weighted by molar-refractivity contribution is -0.119. The average Bonchev–Trinajstić information content (AvgIpc) is 2.42. The van der Waals surface area contributed by atoms with Gasteiger partial charge in [0.25, 0.3) is 0 Å². The molecule has 0 aliphatic carbocycles. The number of nitrogens with one attached hydrogen (secondary N) is 1. The standard InChI is InChI=1S/C14H21NO4/c1-10(17)15-8-11(9-16)6-12-7-13(18-2)4-5-14(12)19-3/h4-5,7,11,16H,6,8-9H2,1-3H3,(H,15,17). The molecule has 0 fully saturated rings. The second-order valence-corrected chi connectivity index (χ2v) is 4.37. The number of benzene rings is 1. The van der Waals surface area contributed by atoms with Gasteiger partial charge in [0.1, 0.15) is 11.5 Å². The Morgan fingerprint density at radius 1 is 1.37 bits per heavy atom. The molecule has 0 aromatic heterocycles. The van der Waals surface area contributed by atoms with Crippen LogP contribution in [0.25, 0.3) is 0 Å². The first-order valence-electron chi connectivity index (χ1n) is 6.16. The van der Waals surface area contributed by atoms with Crippen molar-refractivity contribution in [2.45, 2.75) is 13.3 Å². The van der Waals surface area contributed by atoms with Gasteiger partial charge >= 0.3 is 0 Å². The minimum Gasteiger partial charge on any atom is -0.497 e. The number of aliphatic hydroxyl groups is 1. The largest absolute Gasteiger partial charge is 0.497 e. The third-order valence-electron chi connectivity index (χ3n) is 2.89. The van der Waals surface area contributed by atoms with E-state index in [4.69, 9.17) is 9.47 Å². The fourth-order valence-electron chi connectivity index (χ4n) is 1.84. The maximum atomic E-state index is 10.9. The van der Waals surface area contributed by atoms with E-state index < -0.39 is 0 Å². The highest BCUT2D eigenvalue weighted by Crippen LogP contribution is 2.26. The predicted molar refractivity (Wildman–Crippen MR) is 72.5 cm³/mol. The van der Waals surface area contributed by atoms with Crippen LogP contribution in [-0.2, 0) is 11.2 Å². The number of methoxy groups -OCH3 is 2. The molecule has 1 aromatic rings. The third kappa shape index (κ3) is 4.79. The number of hydrogen-bond donors (Lipinski definition) is 2. The summed E-state index contributed by atoms with van der Waals surface area (Å²) in [5.41, 5.74) is 0.950. The van der Waals surface area contributed by atoms with Crippen molar-refractivity contribution in [2.75, 3.05) is 27.4 Å². The van der Waals surface area contributed by atoms with E-state index >= 15 is 0 Å². The molecule has 0 aliphatic rings. The van der Waals surface area contributed by atoms with Gasteiger partial charge in [-0.05, 0) is 30.2 Å². The van der Waals surface area contributed by atoms with Crippen LogP contribution in [0, 0.1) is 5.92 Å². The fourth-order valence-corrected chi connectivity index (χ4v) is 1.84. The molecule has 0 aliphatic heterocycles. The molecule has 0 radical (unpaired) electrons. The Morgan fingerprint density at radius 2 is 2.11 bits per heavy atom. The van der Waals surface area contributed by atoms with E-state index in [0.717, 1.165) is 17.1 Å². The van der Waals surface area contributed by atoms with E-state index in [1.807, 2.05) is 18.2 Å². The first kappa shape index (κ1) is 15.3. The highest BCUT2D eigenvalue weighted by molar-refractivity contribution is 5.72. The molecule has 0 saturated carbocycles. The molecule has 19 heavy (non-hydrogen) atoms. The zero-order valence-electron chi connectivity index (χ0n) is 11.6. The number of carbonyl (C=O) groups excluding carboxylic acids is 1. The van der Waals surface area contributed by atoms with Crippen molar-refractivity contribution in [1.82, 2.24) is 5.32 Å². The Hall–Kier alpha value is -1.75. The summed E-state index contributed by atoms with van der Waals surface area (Å²) in [6, 6.07) is 5.54. The van der Waals surface area contributed by atoms with Crippen molar-refractivity contribution in [3.63, 3.8) is 0 Å². The molecule has 0 bridgehead atoms. The van der Waals surface area contributed by atoms with Crippen molar-refractivity contribution in [3.05, 3.63) is 23.8 Å². The Labute approximate surface area is 113 Å². The smallest absolute Gasteiger partial charge is 0.216 e. The molecule has 106 valence electrons. The lowest BCUT2D eigenvalue weighted by Gasteiger charge is -2.17. The summed E-state index contributed by atoms with van der Waals surface area (Å²) >= 11 is 0. The SMILES string of the molecule is COc1ccc(OC)c(CC(CO)CNC(C)=O)c1. The van der Waals surface area contributed by atoms with E-state index in [1.165, 1.54) is 6.92 Å². The summed E-state index contributed by atoms with van der Waals surface area (Å²) in [5.74, 6) is 1.34. The number of carbonyl (C=O) groups is 1. The predicted octanol–water partition coefficient (Wildman–Crippen LogP) is 0.991. The second kappa shape index (κ2) is 7.63. The summed E-state index contributed by atoms with van der Waals surface area (Å²) in [4.78, 5) is 10.9. The Kier molecular flexibility index (Phi) is 6.15. The average molecular weight is 267 g/mol. The van der Waals surface area contributed by atoms with Crippen LogP contribution in [0.3, 0.4) is 0 Å². The molecule has 5 heteroatoms. The third-order valence-corrected chi connectivity index (χ3v) is 2.89. The van der Waals surface area contributed by atoms with Gasteiger partial charge in [0.2, 0.25) is 5.91 Å². The van der Waals surface area contributed by atoms with Gasteiger partial charge in [0, 0.05) is 26.0 Å². The number of ether oxygens (including phenoxy) is 2. The van der Waals surface area contributed by atoms with Crippen LogP contribution in [0.5, 0.6) is 11.5 Å². The van der Waals surface area contributed by atoms with Gasteiger partial charge in [-0.3, -0.25) is 4.79 Å². The van der Waals surface area contributed by atoms with Crippen molar-refractivity contribution >= 4 is 5.91 Å². The van der Waals surface area contributed by atoms with E-state index in [-0.39, 0.29) is 18.4 Å². The normalized spacial score (nSPS) is 11.8. The Bertz CT molecular complexity index is 420. The van der Waals surface area contributed by atoms with Crippen LogP contribution in [0.2, 0.25) is 0 Å². The first-order valence-corrected chi connectivity index (χ1v) is 6.16. The highest BCUT2D eigenvalue weighted by atomic mass is 16.5. The van der Waals surface area contributed by atoms with Gasteiger partial charge < -0.3 is 19.9 Å². The summed E-state index contributed by atoms with van der Waals surface area (Å²) in [7, 11) is 3.21. The van der Waals surface area contributed by atoms with Gasteiger partial charge in [-0.1, -0.05) is 0 Å². The summed E-state index contributed by atoms with van der Waals surface area (Å²) in [6.07, 6.45) is 0.608. The van der Waals surface area contributed by atoms with E-state index in [1.54, 1.807) is 14.2 Å². The van der Waals surface area contributed by atoms with E-state index in [0.29, 0.717) is 13.0 Å². The topological polar surface area (TPSA) is 67.8 Å². The summed E-state index contributed by atoms with van der Waals surface area (Å²) < 4.78 is 10.5. The molecule has 0 spiro atoms.